The molecule has 0 aliphatic heterocycles. The van der Waals surface area contributed by atoms with Gasteiger partial charge in [0.15, 0.2) is 0 Å². The van der Waals surface area contributed by atoms with Gasteiger partial charge in [0.2, 0.25) is 11.7 Å². The predicted octanol–water partition coefficient (Wildman–Crippen LogP) is 2.47. The first-order valence-electron chi connectivity index (χ1n) is 8.03. The van der Waals surface area contributed by atoms with Gasteiger partial charge in [0.25, 0.3) is 0 Å². The summed E-state index contributed by atoms with van der Waals surface area (Å²) in [5.41, 5.74) is 4.42. The van der Waals surface area contributed by atoms with Crippen LogP contribution >= 0.6 is 0 Å². The molecule has 4 rings (SSSR count). The average molecular weight is 319 g/mol. The normalized spacial score (nSPS) is 12.8. The zero-order valence-electron chi connectivity index (χ0n) is 13.1. The van der Waals surface area contributed by atoms with Crippen molar-refractivity contribution in [3.05, 3.63) is 59.7 Å². The van der Waals surface area contributed by atoms with E-state index in [1.54, 1.807) is 0 Å². The standard InChI is InChI=1S/C18H17N5O/c24-17(19-16-10-9-13-7-4-8-15(13)11-16)12-23-21-18(20-22-23)14-5-2-1-3-6-14/h1-3,5-6,9-11H,4,7-8,12H2,(H,19,24). The van der Waals surface area contributed by atoms with E-state index in [-0.39, 0.29) is 12.5 Å². The number of fused-ring (bicyclic) bond motifs is 1. The first-order chi connectivity index (χ1) is 11.8. The molecule has 120 valence electrons. The average Bonchev–Trinajstić information content (AvgIpc) is 3.24. The van der Waals surface area contributed by atoms with E-state index < -0.39 is 0 Å². The molecule has 2 aromatic carbocycles. The van der Waals surface area contributed by atoms with Crippen molar-refractivity contribution in [3.8, 4) is 11.4 Å². The summed E-state index contributed by atoms with van der Waals surface area (Å²) in [7, 11) is 0. The molecule has 1 aromatic heterocycles. The smallest absolute Gasteiger partial charge is 0.248 e. The highest BCUT2D eigenvalue weighted by atomic mass is 16.2. The Hall–Kier alpha value is -3.02. The van der Waals surface area contributed by atoms with Crippen LogP contribution in [0.1, 0.15) is 17.5 Å². The van der Waals surface area contributed by atoms with E-state index in [9.17, 15) is 4.79 Å². The number of anilines is 1. The molecule has 3 aromatic rings. The third kappa shape index (κ3) is 3.03. The maximum Gasteiger partial charge on any atom is 0.248 e. The van der Waals surface area contributed by atoms with Gasteiger partial charge in [-0.25, -0.2) is 0 Å². The van der Waals surface area contributed by atoms with Gasteiger partial charge in [0.1, 0.15) is 6.54 Å². The van der Waals surface area contributed by atoms with Gasteiger partial charge in [-0.3, -0.25) is 4.79 Å². The van der Waals surface area contributed by atoms with Crippen LogP contribution in [0, 0.1) is 0 Å². The topological polar surface area (TPSA) is 72.7 Å². The van der Waals surface area contributed by atoms with Crippen LogP contribution in [-0.2, 0) is 24.2 Å². The minimum absolute atomic E-state index is 0.0386. The van der Waals surface area contributed by atoms with Crippen molar-refractivity contribution in [1.82, 2.24) is 20.2 Å². The Balaban J connectivity index is 1.42. The van der Waals surface area contributed by atoms with Crippen molar-refractivity contribution in [2.24, 2.45) is 0 Å². The molecule has 1 aliphatic rings. The summed E-state index contributed by atoms with van der Waals surface area (Å²) in [5, 5.41) is 15.1. The number of rotatable bonds is 4. The number of tetrazole rings is 1. The number of aromatic nitrogens is 4. The predicted molar refractivity (Wildman–Crippen MR) is 90.3 cm³/mol. The number of benzene rings is 2. The van der Waals surface area contributed by atoms with E-state index in [0.717, 1.165) is 24.1 Å². The molecule has 6 heteroatoms. The highest BCUT2D eigenvalue weighted by Gasteiger charge is 2.13. The second kappa shape index (κ2) is 6.23. The zero-order chi connectivity index (χ0) is 16.4. The van der Waals surface area contributed by atoms with Crippen LogP contribution < -0.4 is 5.32 Å². The largest absolute Gasteiger partial charge is 0.324 e. The fourth-order valence-electron chi connectivity index (χ4n) is 2.99. The number of nitrogens with one attached hydrogen (secondary N) is 1. The Kier molecular flexibility index (Phi) is 3.78. The van der Waals surface area contributed by atoms with Crippen LogP contribution in [0.25, 0.3) is 11.4 Å². The van der Waals surface area contributed by atoms with Gasteiger partial charge in [-0.05, 0) is 47.7 Å². The summed E-state index contributed by atoms with van der Waals surface area (Å²) in [6.45, 7) is 0.0386. The molecule has 6 nitrogen and oxygen atoms in total. The van der Waals surface area contributed by atoms with Crippen molar-refractivity contribution < 1.29 is 4.79 Å². The summed E-state index contributed by atoms with van der Waals surface area (Å²) in [6, 6.07) is 15.7. The number of hydrogen-bond donors (Lipinski definition) is 1. The molecule has 0 saturated carbocycles. The van der Waals surface area contributed by atoms with E-state index in [0.29, 0.717) is 5.82 Å². The van der Waals surface area contributed by atoms with Crippen molar-refractivity contribution in [3.63, 3.8) is 0 Å². The SMILES string of the molecule is O=C(Cn1nnc(-c2ccccc2)n1)Nc1ccc2c(c1)CCC2. The minimum atomic E-state index is -0.162. The van der Waals surface area contributed by atoms with Crippen molar-refractivity contribution in [1.29, 1.82) is 0 Å². The Labute approximate surface area is 139 Å². The third-order valence-electron chi connectivity index (χ3n) is 4.15. The molecule has 1 heterocycles. The van der Waals surface area contributed by atoms with Crippen molar-refractivity contribution in [2.75, 3.05) is 5.32 Å². The molecule has 0 bridgehead atoms. The Morgan fingerprint density at radius 1 is 1.08 bits per heavy atom. The molecule has 24 heavy (non-hydrogen) atoms. The molecule has 1 aliphatic carbocycles. The number of carbonyl (C=O) groups is 1. The quantitative estimate of drug-likeness (QED) is 0.802. The molecule has 0 saturated heterocycles. The van der Waals surface area contributed by atoms with Gasteiger partial charge in [-0.2, -0.15) is 4.80 Å². The number of amides is 1. The number of aryl methyl sites for hydroxylation is 2. The highest BCUT2D eigenvalue weighted by Crippen LogP contribution is 2.24. The van der Waals surface area contributed by atoms with E-state index in [1.807, 2.05) is 36.4 Å². The summed E-state index contributed by atoms with van der Waals surface area (Å²) < 4.78 is 0. The summed E-state index contributed by atoms with van der Waals surface area (Å²) in [6.07, 6.45) is 3.41. The lowest BCUT2D eigenvalue weighted by Crippen LogP contribution is -2.20. The summed E-state index contributed by atoms with van der Waals surface area (Å²) in [5.74, 6) is 0.353. The number of nitrogens with zero attached hydrogens (tertiary/aromatic N) is 4. The maximum absolute atomic E-state index is 12.2. The van der Waals surface area contributed by atoms with Crippen LogP contribution in [-0.4, -0.2) is 26.1 Å². The first-order valence-corrected chi connectivity index (χ1v) is 8.03. The summed E-state index contributed by atoms with van der Waals surface area (Å²) in [4.78, 5) is 13.5. The van der Waals surface area contributed by atoms with Crippen LogP contribution in [0.4, 0.5) is 5.69 Å². The molecular formula is C18H17N5O. The molecule has 1 N–H and O–H groups in total. The van der Waals surface area contributed by atoms with Gasteiger partial charge in [0.05, 0.1) is 0 Å². The second-order valence-corrected chi connectivity index (χ2v) is 5.89. The van der Waals surface area contributed by atoms with E-state index in [1.165, 1.54) is 22.3 Å². The van der Waals surface area contributed by atoms with Gasteiger partial charge in [-0.1, -0.05) is 36.4 Å². The van der Waals surface area contributed by atoms with Crippen LogP contribution in [0.2, 0.25) is 0 Å². The van der Waals surface area contributed by atoms with Gasteiger partial charge in [0, 0.05) is 11.3 Å². The Bertz CT molecular complexity index is 872. The van der Waals surface area contributed by atoms with Crippen LogP contribution in [0.5, 0.6) is 0 Å². The Morgan fingerprint density at radius 2 is 1.92 bits per heavy atom. The fourth-order valence-corrected chi connectivity index (χ4v) is 2.99. The first kappa shape index (κ1) is 14.6. The van der Waals surface area contributed by atoms with Gasteiger partial charge < -0.3 is 5.32 Å². The lowest BCUT2D eigenvalue weighted by atomic mass is 10.1. The Morgan fingerprint density at radius 3 is 2.79 bits per heavy atom. The van der Waals surface area contributed by atoms with E-state index in [4.69, 9.17) is 0 Å². The van der Waals surface area contributed by atoms with Gasteiger partial charge >= 0.3 is 0 Å². The van der Waals surface area contributed by atoms with Crippen molar-refractivity contribution >= 4 is 11.6 Å². The lowest BCUT2D eigenvalue weighted by molar-refractivity contribution is -0.117. The third-order valence-corrected chi connectivity index (χ3v) is 4.15. The van der Waals surface area contributed by atoms with Crippen LogP contribution in [0.3, 0.4) is 0 Å². The molecule has 1 amide bonds. The molecule has 0 radical (unpaired) electrons. The molecule has 0 spiro atoms. The van der Waals surface area contributed by atoms with E-state index >= 15 is 0 Å². The minimum Gasteiger partial charge on any atom is -0.324 e. The molecule has 0 unspecified atom stereocenters. The number of carbonyl (C=O) groups excluding carboxylic acids is 1. The van der Waals surface area contributed by atoms with Gasteiger partial charge in [-0.15, -0.1) is 10.2 Å². The lowest BCUT2D eigenvalue weighted by Gasteiger charge is -2.06. The van der Waals surface area contributed by atoms with Crippen LogP contribution in [0.15, 0.2) is 48.5 Å². The maximum atomic E-state index is 12.2. The fraction of sp³-hybridized carbons (Fsp3) is 0.222. The number of hydrogen-bond acceptors (Lipinski definition) is 4. The zero-order valence-corrected chi connectivity index (χ0v) is 13.1. The molecule has 0 atom stereocenters. The second-order valence-electron chi connectivity index (χ2n) is 5.89. The van der Waals surface area contributed by atoms with Crippen molar-refractivity contribution in [2.45, 2.75) is 25.8 Å². The van der Waals surface area contributed by atoms with E-state index in [2.05, 4.69) is 32.9 Å². The molecular weight excluding hydrogens is 302 g/mol. The summed E-state index contributed by atoms with van der Waals surface area (Å²) >= 11 is 0. The molecule has 0 fully saturated rings. The highest BCUT2D eigenvalue weighted by molar-refractivity contribution is 5.90. The monoisotopic (exact) mass is 319 g/mol.